The van der Waals surface area contributed by atoms with Gasteiger partial charge >= 0.3 is 12.6 Å². The van der Waals surface area contributed by atoms with Gasteiger partial charge in [-0.25, -0.2) is 19.2 Å². The SMILES string of the molecule is COc1ccc(COc2cccc(C3CCN(Cc4nc5c(OC(F)F)cc(C(=O)O)cc5n4C)CC3)n2)c(F)c1. The largest absolute Gasteiger partial charge is 0.497 e. The van der Waals surface area contributed by atoms with Gasteiger partial charge in [0, 0.05) is 36.4 Å². The minimum atomic E-state index is -3.10. The number of hydrogen-bond donors (Lipinski definition) is 1. The Morgan fingerprint density at radius 3 is 2.59 bits per heavy atom. The van der Waals surface area contributed by atoms with Crippen LogP contribution in [0.4, 0.5) is 13.2 Å². The van der Waals surface area contributed by atoms with Gasteiger partial charge in [-0.05, 0) is 56.3 Å². The summed E-state index contributed by atoms with van der Waals surface area (Å²) in [6, 6.07) is 12.7. The molecule has 5 rings (SSSR count). The zero-order chi connectivity index (χ0) is 29.1. The minimum Gasteiger partial charge on any atom is -0.497 e. The highest BCUT2D eigenvalue weighted by atomic mass is 19.3. The van der Waals surface area contributed by atoms with Crippen molar-refractivity contribution < 1.29 is 37.3 Å². The Kier molecular flexibility index (Phi) is 8.29. The van der Waals surface area contributed by atoms with Crippen LogP contribution in [0, 0.1) is 5.82 Å². The number of aromatic nitrogens is 3. The van der Waals surface area contributed by atoms with Gasteiger partial charge in [0.05, 0.1) is 24.7 Å². The lowest BCUT2D eigenvalue weighted by molar-refractivity contribution is -0.0489. The summed E-state index contributed by atoms with van der Waals surface area (Å²) in [5, 5.41) is 9.40. The molecule has 3 heterocycles. The number of carboxylic acid groups (broad SMARTS) is 1. The summed E-state index contributed by atoms with van der Waals surface area (Å²) in [6.07, 6.45) is 1.66. The molecule has 0 radical (unpaired) electrons. The second-order valence-corrected chi connectivity index (χ2v) is 9.81. The number of halogens is 3. The molecule has 4 aromatic rings. The average Bonchev–Trinajstić information content (AvgIpc) is 3.27. The van der Waals surface area contributed by atoms with Crippen LogP contribution in [-0.2, 0) is 20.2 Å². The number of hydrogen-bond acceptors (Lipinski definition) is 7. The molecule has 0 aliphatic carbocycles. The molecule has 0 spiro atoms. The first-order valence-corrected chi connectivity index (χ1v) is 13.0. The van der Waals surface area contributed by atoms with Crippen molar-refractivity contribution in [3.63, 3.8) is 0 Å². The van der Waals surface area contributed by atoms with Crippen molar-refractivity contribution >= 4 is 17.0 Å². The van der Waals surface area contributed by atoms with Crippen LogP contribution in [0.3, 0.4) is 0 Å². The fourth-order valence-electron chi connectivity index (χ4n) is 5.00. The molecular weight excluding hydrogens is 541 g/mol. The van der Waals surface area contributed by atoms with Crippen LogP contribution in [0.5, 0.6) is 17.4 Å². The number of nitrogens with zero attached hydrogens (tertiary/aromatic N) is 4. The molecule has 216 valence electrons. The Bertz CT molecular complexity index is 1550. The molecule has 0 bridgehead atoms. The Balaban J connectivity index is 1.23. The van der Waals surface area contributed by atoms with E-state index in [1.807, 2.05) is 12.1 Å². The van der Waals surface area contributed by atoms with Gasteiger partial charge in [-0.15, -0.1) is 0 Å². The van der Waals surface area contributed by atoms with Gasteiger partial charge in [-0.1, -0.05) is 6.07 Å². The summed E-state index contributed by atoms with van der Waals surface area (Å²) >= 11 is 0. The first-order chi connectivity index (χ1) is 19.7. The van der Waals surface area contributed by atoms with E-state index in [2.05, 4.69) is 19.6 Å². The number of likely N-dealkylation sites (tertiary alicyclic amines) is 1. The minimum absolute atomic E-state index is 0.0424. The van der Waals surface area contributed by atoms with Crippen molar-refractivity contribution in [1.82, 2.24) is 19.4 Å². The van der Waals surface area contributed by atoms with E-state index < -0.39 is 18.4 Å². The van der Waals surface area contributed by atoms with Crippen LogP contribution in [0.2, 0.25) is 0 Å². The lowest BCUT2D eigenvalue weighted by Crippen LogP contribution is -2.33. The second kappa shape index (κ2) is 12.0. The fraction of sp³-hybridized carbons (Fsp3) is 0.345. The molecule has 1 N–H and O–H groups in total. The van der Waals surface area contributed by atoms with Crippen LogP contribution in [0.15, 0.2) is 48.5 Å². The van der Waals surface area contributed by atoms with Crippen LogP contribution in [0.25, 0.3) is 11.0 Å². The van der Waals surface area contributed by atoms with Crippen LogP contribution in [-0.4, -0.2) is 57.3 Å². The van der Waals surface area contributed by atoms with E-state index in [0.717, 1.165) is 37.7 Å². The summed E-state index contributed by atoms with van der Waals surface area (Å²) in [4.78, 5) is 22.9. The van der Waals surface area contributed by atoms with Crippen molar-refractivity contribution in [3.05, 3.63) is 77.0 Å². The number of aryl methyl sites for hydroxylation is 1. The van der Waals surface area contributed by atoms with Gasteiger partial charge in [-0.2, -0.15) is 8.78 Å². The molecule has 12 heteroatoms. The maximum atomic E-state index is 14.3. The number of carbonyl (C=O) groups is 1. The van der Waals surface area contributed by atoms with Gasteiger partial charge in [0.1, 0.15) is 29.5 Å². The van der Waals surface area contributed by atoms with Gasteiger partial charge in [-0.3, -0.25) is 4.90 Å². The highest BCUT2D eigenvalue weighted by Gasteiger charge is 2.25. The highest BCUT2D eigenvalue weighted by Crippen LogP contribution is 2.32. The van der Waals surface area contributed by atoms with Gasteiger partial charge in [0.15, 0.2) is 5.75 Å². The molecule has 2 aromatic heterocycles. The standard InChI is InChI=1S/C29H29F3N4O5/c1-35-23-12-19(28(37)38)13-24(41-29(31)32)27(23)34-25(35)15-36-10-8-17(9-11-36)22-4-3-5-26(33-22)40-16-18-6-7-20(39-2)14-21(18)30/h3-7,12-14,17,29H,8-11,15-16H2,1-2H3,(H,37,38). The Hall–Kier alpha value is -4.32. The van der Waals surface area contributed by atoms with Crippen molar-refractivity contribution in [3.8, 4) is 17.4 Å². The smallest absolute Gasteiger partial charge is 0.387 e. The fourth-order valence-corrected chi connectivity index (χ4v) is 5.00. The van der Waals surface area contributed by atoms with Crippen molar-refractivity contribution in [2.45, 2.75) is 38.5 Å². The van der Waals surface area contributed by atoms with E-state index in [9.17, 15) is 23.1 Å². The van der Waals surface area contributed by atoms with E-state index in [4.69, 9.17) is 9.47 Å². The van der Waals surface area contributed by atoms with Gasteiger partial charge in [0.2, 0.25) is 5.88 Å². The number of alkyl halides is 2. The normalized spacial score (nSPS) is 14.5. The second-order valence-electron chi connectivity index (χ2n) is 9.81. The van der Waals surface area contributed by atoms with Gasteiger partial charge < -0.3 is 23.9 Å². The van der Waals surface area contributed by atoms with Crippen molar-refractivity contribution in [2.24, 2.45) is 7.05 Å². The molecule has 2 aromatic carbocycles. The summed E-state index contributed by atoms with van der Waals surface area (Å²) in [5.74, 6) is -0.246. The lowest BCUT2D eigenvalue weighted by Gasteiger charge is -2.31. The van der Waals surface area contributed by atoms with Crippen LogP contribution < -0.4 is 14.2 Å². The number of carboxylic acids is 1. The summed E-state index contributed by atoms with van der Waals surface area (Å²) in [6.45, 7) is -1.11. The molecule has 1 saturated heterocycles. The van der Waals surface area contributed by atoms with E-state index in [-0.39, 0.29) is 29.4 Å². The molecule has 0 amide bonds. The number of benzene rings is 2. The van der Waals surface area contributed by atoms with Crippen LogP contribution in [0.1, 0.15) is 46.2 Å². The summed E-state index contributed by atoms with van der Waals surface area (Å²) in [5.41, 5.74) is 1.74. The molecule has 41 heavy (non-hydrogen) atoms. The lowest BCUT2D eigenvalue weighted by atomic mass is 9.93. The Morgan fingerprint density at radius 1 is 1.12 bits per heavy atom. The van der Waals surface area contributed by atoms with E-state index in [1.54, 1.807) is 29.8 Å². The summed E-state index contributed by atoms with van der Waals surface area (Å²) < 4.78 is 57.3. The Labute approximate surface area is 234 Å². The third-order valence-electron chi connectivity index (χ3n) is 7.26. The molecule has 1 fully saturated rings. The van der Waals surface area contributed by atoms with Gasteiger partial charge in [0.25, 0.3) is 0 Å². The summed E-state index contributed by atoms with van der Waals surface area (Å²) in [7, 11) is 3.20. The molecule has 0 unspecified atom stereocenters. The zero-order valence-corrected chi connectivity index (χ0v) is 22.5. The number of imidazole rings is 1. The third kappa shape index (κ3) is 6.37. The quantitative estimate of drug-likeness (QED) is 0.272. The number of aromatic carboxylic acids is 1. The highest BCUT2D eigenvalue weighted by molar-refractivity contribution is 5.95. The molecule has 0 atom stereocenters. The number of piperidine rings is 1. The third-order valence-corrected chi connectivity index (χ3v) is 7.26. The van der Waals surface area contributed by atoms with Crippen molar-refractivity contribution in [1.29, 1.82) is 0 Å². The first-order valence-electron chi connectivity index (χ1n) is 13.0. The number of rotatable bonds is 10. The average molecular weight is 571 g/mol. The molecular formula is C29H29F3N4O5. The monoisotopic (exact) mass is 570 g/mol. The number of methoxy groups -OCH3 is 1. The molecule has 1 aliphatic rings. The maximum Gasteiger partial charge on any atom is 0.387 e. The van der Waals surface area contributed by atoms with E-state index in [1.165, 1.54) is 19.2 Å². The number of pyridine rings is 1. The Morgan fingerprint density at radius 2 is 1.90 bits per heavy atom. The molecule has 9 nitrogen and oxygen atoms in total. The van der Waals surface area contributed by atoms with Crippen molar-refractivity contribution in [2.75, 3.05) is 20.2 Å². The topological polar surface area (TPSA) is 98.9 Å². The molecule has 1 aliphatic heterocycles. The number of ether oxygens (including phenoxy) is 3. The predicted octanol–water partition coefficient (Wildman–Crippen LogP) is 5.37. The first kappa shape index (κ1) is 28.2. The molecule has 0 saturated carbocycles. The number of fused-ring (bicyclic) bond motifs is 1. The zero-order valence-electron chi connectivity index (χ0n) is 22.5. The maximum absolute atomic E-state index is 14.3. The van der Waals surface area contributed by atoms with E-state index >= 15 is 0 Å². The van der Waals surface area contributed by atoms with Crippen LogP contribution >= 0.6 is 0 Å². The predicted molar refractivity (Wildman–Crippen MR) is 143 cm³/mol. The van der Waals surface area contributed by atoms with E-state index in [0.29, 0.717) is 35.1 Å².